The predicted molar refractivity (Wildman–Crippen MR) is 111 cm³/mol. The van der Waals surface area contributed by atoms with Crippen LogP contribution in [0.3, 0.4) is 0 Å². The van der Waals surface area contributed by atoms with E-state index in [2.05, 4.69) is 15.2 Å². The van der Waals surface area contributed by atoms with Gasteiger partial charge in [0.15, 0.2) is 6.10 Å². The highest BCUT2D eigenvalue weighted by molar-refractivity contribution is 7.17. The van der Waals surface area contributed by atoms with E-state index in [9.17, 15) is 4.79 Å². The Morgan fingerprint density at radius 1 is 1.00 bits per heavy atom. The second-order valence-corrected chi connectivity index (χ2v) is 7.66. The van der Waals surface area contributed by atoms with Crippen LogP contribution in [-0.2, 0) is 4.74 Å². The summed E-state index contributed by atoms with van der Waals surface area (Å²) < 4.78 is 11.3. The Morgan fingerprint density at radius 2 is 1.72 bits per heavy atom. The summed E-state index contributed by atoms with van der Waals surface area (Å²) in [7, 11) is 0. The minimum atomic E-state index is -0.670. The molecule has 0 aliphatic rings. The van der Waals surface area contributed by atoms with Crippen LogP contribution in [0.2, 0.25) is 0 Å². The van der Waals surface area contributed by atoms with Gasteiger partial charge < -0.3 is 9.15 Å². The first-order valence-electron chi connectivity index (χ1n) is 9.15. The summed E-state index contributed by atoms with van der Waals surface area (Å²) in [6, 6.07) is 17.5. The lowest BCUT2D eigenvalue weighted by Gasteiger charge is -2.08. The first-order chi connectivity index (χ1) is 14.0. The second kappa shape index (κ2) is 7.97. The first kappa shape index (κ1) is 19.0. The SMILES string of the molecule is Cc1ccc(-c2nnc(C(C)OC(=O)c3sc(-c4ccccc4)nc3C)o2)cc1. The minimum absolute atomic E-state index is 0.249. The van der Waals surface area contributed by atoms with E-state index in [-0.39, 0.29) is 5.89 Å². The molecule has 29 heavy (non-hydrogen) atoms. The van der Waals surface area contributed by atoms with Crippen molar-refractivity contribution in [2.24, 2.45) is 0 Å². The molecule has 0 N–H and O–H groups in total. The number of nitrogens with zero attached hydrogens (tertiary/aromatic N) is 3. The van der Waals surface area contributed by atoms with Crippen LogP contribution >= 0.6 is 11.3 Å². The van der Waals surface area contributed by atoms with Crippen LogP contribution in [0.4, 0.5) is 0 Å². The Bertz CT molecular complexity index is 1130. The third-order valence-electron chi connectivity index (χ3n) is 4.37. The molecule has 0 aliphatic carbocycles. The van der Waals surface area contributed by atoms with Gasteiger partial charge in [-0.3, -0.25) is 0 Å². The van der Waals surface area contributed by atoms with Crippen molar-refractivity contribution in [1.82, 2.24) is 15.2 Å². The van der Waals surface area contributed by atoms with Crippen molar-refractivity contribution in [2.45, 2.75) is 26.9 Å². The Labute approximate surface area is 172 Å². The molecule has 0 fully saturated rings. The van der Waals surface area contributed by atoms with Gasteiger partial charge in [-0.15, -0.1) is 21.5 Å². The fraction of sp³-hybridized carbons (Fsp3) is 0.182. The largest absolute Gasteiger partial charge is 0.448 e. The maximum atomic E-state index is 12.7. The Morgan fingerprint density at radius 3 is 2.45 bits per heavy atom. The standard InChI is InChI=1S/C22H19N3O3S/c1-13-9-11-16(12-10-13)20-25-24-19(28-20)15(3)27-22(26)18-14(2)23-21(29-18)17-7-5-4-6-8-17/h4-12,15H,1-3H3. The number of thiazole rings is 1. The summed E-state index contributed by atoms with van der Waals surface area (Å²) in [6.07, 6.45) is -0.670. The first-order valence-corrected chi connectivity index (χ1v) is 9.97. The van der Waals surface area contributed by atoms with E-state index < -0.39 is 12.1 Å². The Kier molecular flexibility index (Phi) is 5.22. The summed E-state index contributed by atoms with van der Waals surface area (Å²) in [6.45, 7) is 5.51. The minimum Gasteiger partial charge on any atom is -0.448 e. The van der Waals surface area contributed by atoms with E-state index in [0.717, 1.165) is 21.7 Å². The molecule has 4 rings (SSSR count). The predicted octanol–water partition coefficient (Wildman–Crippen LogP) is 5.39. The number of rotatable bonds is 5. The van der Waals surface area contributed by atoms with Gasteiger partial charge in [0, 0.05) is 11.1 Å². The zero-order chi connectivity index (χ0) is 20.4. The van der Waals surface area contributed by atoms with Gasteiger partial charge in [0.25, 0.3) is 5.89 Å². The monoisotopic (exact) mass is 405 g/mol. The molecule has 0 aliphatic heterocycles. The maximum Gasteiger partial charge on any atom is 0.351 e. The molecule has 146 valence electrons. The molecule has 1 atom stereocenters. The van der Waals surface area contributed by atoms with Gasteiger partial charge in [-0.1, -0.05) is 48.0 Å². The topological polar surface area (TPSA) is 78.1 Å². The molecule has 2 aromatic carbocycles. The van der Waals surface area contributed by atoms with Crippen LogP contribution in [0.1, 0.15) is 39.8 Å². The number of carbonyl (C=O) groups is 1. The third kappa shape index (κ3) is 4.09. The van der Waals surface area contributed by atoms with Gasteiger partial charge >= 0.3 is 5.97 Å². The fourth-order valence-corrected chi connectivity index (χ4v) is 3.72. The molecular weight excluding hydrogens is 386 g/mol. The van der Waals surface area contributed by atoms with Crippen molar-refractivity contribution < 1.29 is 13.9 Å². The summed E-state index contributed by atoms with van der Waals surface area (Å²) >= 11 is 1.31. The number of esters is 1. The summed E-state index contributed by atoms with van der Waals surface area (Å²) in [5, 5.41) is 8.87. The number of aryl methyl sites for hydroxylation is 2. The molecule has 0 saturated heterocycles. The molecule has 7 heteroatoms. The average molecular weight is 405 g/mol. The highest BCUT2D eigenvalue weighted by Crippen LogP contribution is 2.30. The molecule has 6 nitrogen and oxygen atoms in total. The van der Waals surface area contributed by atoms with Crippen LogP contribution in [0.25, 0.3) is 22.0 Å². The summed E-state index contributed by atoms with van der Waals surface area (Å²) in [5.74, 6) is 0.187. The number of hydrogen-bond acceptors (Lipinski definition) is 7. The third-order valence-corrected chi connectivity index (χ3v) is 5.56. The maximum absolute atomic E-state index is 12.7. The van der Waals surface area contributed by atoms with Gasteiger partial charge in [-0.2, -0.15) is 0 Å². The van der Waals surface area contributed by atoms with Crippen molar-refractivity contribution in [3.8, 4) is 22.0 Å². The highest BCUT2D eigenvalue weighted by atomic mass is 32.1. The van der Waals surface area contributed by atoms with Gasteiger partial charge in [0.05, 0.1) is 5.69 Å². The number of hydrogen-bond donors (Lipinski definition) is 0. The molecule has 2 heterocycles. The highest BCUT2D eigenvalue weighted by Gasteiger charge is 2.23. The quantitative estimate of drug-likeness (QED) is 0.414. The van der Waals surface area contributed by atoms with E-state index in [1.165, 1.54) is 11.3 Å². The normalized spacial score (nSPS) is 12.0. The van der Waals surface area contributed by atoms with E-state index in [0.29, 0.717) is 16.5 Å². The molecule has 0 amide bonds. The van der Waals surface area contributed by atoms with Gasteiger partial charge in [-0.25, -0.2) is 9.78 Å². The molecule has 0 bridgehead atoms. The molecule has 0 spiro atoms. The van der Waals surface area contributed by atoms with Crippen molar-refractivity contribution in [3.05, 3.63) is 76.6 Å². The molecular formula is C22H19N3O3S. The van der Waals surface area contributed by atoms with Crippen molar-refractivity contribution >= 4 is 17.3 Å². The molecule has 0 saturated carbocycles. The lowest BCUT2D eigenvalue weighted by Crippen LogP contribution is -2.09. The van der Waals surface area contributed by atoms with Crippen LogP contribution in [0.15, 0.2) is 59.0 Å². The number of carbonyl (C=O) groups excluding carboxylic acids is 1. The Balaban J connectivity index is 1.49. The molecule has 2 aromatic heterocycles. The van der Waals surface area contributed by atoms with E-state index in [1.807, 2.05) is 61.5 Å². The van der Waals surface area contributed by atoms with Crippen LogP contribution in [0.5, 0.6) is 0 Å². The number of ether oxygens (including phenoxy) is 1. The van der Waals surface area contributed by atoms with Crippen LogP contribution in [-0.4, -0.2) is 21.2 Å². The van der Waals surface area contributed by atoms with Gasteiger partial charge in [0.2, 0.25) is 5.89 Å². The van der Waals surface area contributed by atoms with E-state index in [4.69, 9.17) is 9.15 Å². The fourth-order valence-electron chi connectivity index (χ4n) is 2.77. The second-order valence-electron chi connectivity index (χ2n) is 6.66. The zero-order valence-corrected chi connectivity index (χ0v) is 17.1. The van der Waals surface area contributed by atoms with Crippen molar-refractivity contribution in [2.75, 3.05) is 0 Å². The molecule has 4 aromatic rings. The zero-order valence-electron chi connectivity index (χ0n) is 16.2. The van der Waals surface area contributed by atoms with Crippen LogP contribution in [0, 0.1) is 13.8 Å². The smallest absolute Gasteiger partial charge is 0.351 e. The lowest BCUT2D eigenvalue weighted by molar-refractivity contribution is 0.0284. The molecule has 0 radical (unpaired) electrons. The van der Waals surface area contributed by atoms with Gasteiger partial charge in [0.1, 0.15) is 9.88 Å². The summed E-state index contributed by atoms with van der Waals surface area (Å²) in [5.41, 5.74) is 3.56. The average Bonchev–Trinajstić information content (AvgIpc) is 3.36. The van der Waals surface area contributed by atoms with Gasteiger partial charge in [-0.05, 0) is 32.9 Å². The lowest BCUT2D eigenvalue weighted by atomic mass is 10.1. The molecule has 1 unspecified atom stereocenters. The Hall–Kier alpha value is -3.32. The van der Waals surface area contributed by atoms with E-state index >= 15 is 0 Å². The number of aromatic nitrogens is 3. The van der Waals surface area contributed by atoms with Crippen molar-refractivity contribution in [1.29, 1.82) is 0 Å². The van der Waals surface area contributed by atoms with Crippen molar-refractivity contribution in [3.63, 3.8) is 0 Å². The summed E-state index contributed by atoms with van der Waals surface area (Å²) in [4.78, 5) is 17.6. The van der Waals surface area contributed by atoms with E-state index in [1.54, 1.807) is 13.8 Å². The number of benzene rings is 2. The van der Waals surface area contributed by atoms with Crippen LogP contribution < -0.4 is 0 Å².